The molecular weight excluding hydrogens is 396 g/mol. The topological polar surface area (TPSA) is 47.2 Å². The van der Waals surface area contributed by atoms with E-state index in [9.17, 15) is 4.79 Å². The molecule has 0 fully saturated rings. The average Bonchev–Trinajstić information content (AvgIpc) is 3.36. The van der Waals surface area contributed by atoms with Crippen molar-refractivity contribution in [2.24, 2.45) is 7.05 Å². The van der Waals surface area contributed by atoms with Crippen LogP contribution in [0.25, 0.3) is 17.0 Å². The molecule has 3 aromatic rings. The maximum atomic E-state index is 13.0. The summed E-state index contributed by atoms with van der Waals surface area (Å²) < 4.78 is 7.56. The van der Waals surface area contributed by atoms with Gasteiger partial charge in [0.05, 0.1) is 17.5 Å². The Labute approximate surface area is 183 Å². The minimum Gasteiger partial charge on any atom is -0.463 e. The Morgan fingerprint density at radius 3 is 2.67 bits per heavy atom. The van der Waals surface area contributed by atoms with Gasteiger partial charge in [0.2, 0.25) is 0 Å². The van der Waals surface area contributed by atoms with Crippen molar-refractivity contribution < 1.29 is 9.21 Å². The Bertz CT molecular complexity index is 1050. The molecule has 0 atom stereocenters. The van der Waals surface area contributed by atoms with E-state index >= 15 is 0 Å². The highest BCUT2D eigenvalue weighted by atomic mass is 35.5. The van der Waals surface area contributed by atoms with E-state index < -0.39 is 0 Å². The van der Waals surface area contributed by atoms with Crippen LogP contribution in [0.2, 0.25) is 5.02 Å². The molecule has 1 aromatic carbocycles. The van der Waals surface area contributed by atoms with E-state index in [4.69, 9.17) is 16.0 Å². The van der Waals surface area contributed by atoms with Gasteiger partial charge < -0.3 is 14.3 Å². The van der Waals surface area contributed by atoms with Gasteiger partial charge in [0.25, 0.3) is 5.91 Å². The number of benzene rings is 1. The van der Waals surface area contributed by atoms with Crippen LogP contribution in [0.5, 0.6) is 0 Å². The number of carbonyl (C=O) groups is 1. The number of hydrogen-bond donors (Lipinski definition) is 1. The molecule has 0 aliphatic rings. The molecule has 0 saturated heterocycles. The van der Waals surface area contributed by atoms with Crippen molar-refractivity contribution >= 4 is 23.1 Å². The van der Waals surface area contributed by atoms with E-state index in [-0.39, 0.29) is 5.91 Å². The molecule has 1 amide bonds. The lowest BCUT2D eigenvalue weighted by Crippen LogP contribution is -2.25. The first-order valence-corrected chi connectivity index (χ1v) is 10.8. The normalized spacial score (nSPS) is 11.7. The maximum Gasteiger partial charge on any atom is 0.253 e. The third-order valence-corrected chi connectivity index (χ3v) is 5.62. The largest absolute Gasteiger partial charge is 0.463 e. The van der Waals surface area contributed by atoms with Gasteiger partial charge in [0, 0.05) is 24.3 Å². The molecule has 0 aliphatic carbocycles. The summed E-state index contributed by atoms with van der Waals surface area (Å²) in [5.74, 6) is 0.703. The zero-order chi connectivity index (χ0) is 21.7. The van der Waals surface area contributed by atoms with E-state index in [0.717, 1.165) is 47.0 Å². The highest BCUT2D eigenvalue weighted by Crippen LogP contribution is 2.27. The number of rotatable bonds is 8. The fraction of sp³-hybridized carbons (Fsp3) is 0.320. The first-order chi connectivity index (χ1) is 14.5. The number of allylic oxidation sites excluding steroid dienone is 1. The van der Waals surface area contributed by atoms with E-state index in [0.29, 0.717) is 12.1 Å². The highest BCUT2D eigenvalue weighted by Gasteiger charge is 2.19. The van der Waals surface area contributed by atoms with Crippen LogP contribution in [-0.4, -0.2) is 17.0 Å². The molecule has 2 heterocycles. The lowest BCUT2D eigenvalue weighted by molar-refractivity contribution is 0.0953. The van der Waals surface area contributed by atoms with Crippen molar-refractivity contribution in [3.8, 4) is 11.5 Å². The van der Waals surface area contributed by atoms with Crippen molar-refractivity contribution in [1.82, 2.24) is 9.88 Å². The Balaban J connectivity index is 1.74. The fourth-order valence-electron chi connectivity index (χ4n) is 3.87. The SMILES string of the molecule is CCC=C(CCNC(=O)c1cc(-c2ccco2)n(C)c1CC)c1cc(Cl)ccc1C. The Hall–Kier alpha value is -2.72. The first-order valence-electron chi connectivity index (χ1n) is 10.4. The van der Waals surface area contributed by atoms with Gasteiger partial charge in [-0.3, -0.25) is 4.79 Å². The smallest absolute Gasteiger partial charge is 0.253 e. The second-order valence-corrected chi connectivity index (χ2v) is 7.82. The summed E-state index contributed by atoms with van der Waals surface area (Å²) in [5.41, 5.74) is 6.14. The van der Waals surface area contributed by atoms with Crippen LogP contribution in [0.15, 0.2) is 53.2 Å². The van der Waals surface area contributed by atoms with Crippen LogP contribution in [0.3, 0.4) is 0 Å². The van der Waals surface area contributed by atoms with Gasteiger partial charge in [0.1, 0.15) is 5.76 Å². The molecule has 2 aromatic heterocycles. The summed E-state index contributed by atoms with van der Waals surface area (Å²) in [6.07, 6.45) is 6.30. The third kappa shape index (κ3) is 4.71. The van der Waals surface area contributed by atoms with Gasteiger partial charge >= 0.3 is 0 Å². The summed E-state index contributed by atoms with van der Waals surface area (Å²) in [6.45, 7) is 6.82. The average molecular weight is 425 g/mol. The van der Waals surface area contributed by atoms with Crippen LogP contribution in [0.1, 0.15) is 53.9 Å². The molecule has 0 unspecified atom stereocenters. The van der Waals surface area contributed by atoms with Gasteiger partial charge in [-0.1, -0.05) is 37.6 Å². The van der Waals surface area contributed by atoms with Crippen LogP contribution in [0.4, 0.5) is 0 Å². The number of hydrogen-bond acceptors (Lipinski definition) is 2. The molecule has 30 heavy (non-hydrogen) atoms. The molecule has 158 valence electrons. The lowest BCUT2D eigenvalue weighted by atomic mass is 9.97. The van der Waals surface area contributed by atoms with Crippen molar-refractivity contribution in [2.45, 2.75) is 40.0 Å². The summed E-state index contributed by atoms with van der Waals surface area (Å²) in [7, 11) is 1.97. The quantitative estimate of drug-likeness (QED) is 0.453. The van der Waals surface area contributed by atoms with Crippen molar-refractivity contribution in [2.75, 3.05) is 6.54 Å². The van der Waals surface area contributed by atoms with Crippen LogP contribution >= 0.6 is 11.6 Å². The summed E-state index contributed by atoms with van der Waals surface area (Å²) in [6, 6.07) is 11.6. The number of amides is 1. The number of halogens is 1. The van der Waals surface area contributed by atoms with E-state index in [1.807, 2.05) is 48.0 Å². The third-order valence-electron chi connectivity index (χ3n) is 5.39. The molecule has 0 saturated carbocycles. The minimum absolute atomic E-state index is 0.0566. The molecule has 4 nitrogen and oxygen atoms in total. The number of aromatic nitrogens is 1. The molecular formula is C25H29ClN2O2. The Kier molecular flexibility index (Phi) is 7.22. The molecule has 0 bridgehead atoms. The summed E-state index contributed by atoms with van der Waals surface area (Å²) in [5, 5.41) is 3.82. The fourth-order valence-corrected chi connectivity index (χ4v) is 4.04. The lowest BCUT2D eigenvalue weighted by Gasteiger charge is -2.13. The molecule has 3 rings (SSSR count). The zero-order valence-electron chi connectivity index (χ0n) is 18.1. The summed E-state index contributed by atoms with van der Waals surface area (Å²) in [4.78, 5) is 13.0. The van der Waals surface area contributed by atoms with Crippen LogP contribution < -0.4 is 5.32 Å². The zero-order valence-corrected chi connectivity index (χ0v) is 18.8. The first kappa shape index (κ1) is 22.0. The van der Waals surface area contributed by atoms with Crippen molar-refractivity contribution in [3.63, 3.8) is 0 Å². The number of carbonyl (C=O) groups excluding carboxylic acids is 1. The molecule has 0 radical (unpaired) electrons. The van der Waals surface area contributed by atoms with E-state index in [1.54, 1.807) is 6.26 Å². The molecule has 0 spiro atoms. The van der Waals surface area contributed by atoms with Crippen molar-refractivity contribution in [1.29, 1.82) is 0 Å². The second kappa shape index (κ2) is 9.86. The molecule has 1 N–H and O–H groups in total. The van der Waals surface area contributed by atoms with E-state index in [1.165, 1.54) is 11.1 Å². The Morgan fingerprint density at radius 1 is 1.20 bits per heavy atom. The number of nitrogens with zero attached hydrogens (tertiary/aromatic N) is 1. The van der Waals surface area contributed by atoms with Crippen molar-refractivity contribution in [3.05, 3.63) is 76.1 Å². The van der Waals surface area contributed by atoms with Gasteiger partial charge in [-0.25, -0.2) is 0 Å². The monoisotopic (exact) mass is 424 g/mol. The van der Waals surface area contributed by atoms with Gasteiger partial charge in [-0.2, -0.15) is 0 Å². The van der Waals surface area contributed by atoms with Crippen LogP contribution in [-0.2, 0) is 13.5 Å². The van der Waals surface area contributed by atoms with Gasteiger partial charge in [0.15, 0.2) is 0 Å². The number of furan rings is 1. The number of aryl methyl sites for hydroxylation is 1. The van der Waals surface area contributed by atoms with Gasteiger partial charge in [-0.05, 0) is 73.2 Å². The maximum absolute atomic E-state index is 13.0. The number of nitrogens with one attached hydrogen (secondary N) is 1. The predicted molar refractivity (Wildman–Crippen MR) is 124 cm³/mol. The standard InChI is InChI=1S/C25H29ClN2O2/c1-5-8-18(20-15-19(26)11-10-17(20)3)12-13-27-25(29)21-16-23(24-9-7-14-30-24)28(4)22(21)6-2/h7-11,14-16H,5-6,12-13H2,1-4H3,(H,27,29). The second-order valence-electron chi connectivity index (χ2n) is 7.38. The molecule has 5 heteroatoms. The predicted octanol–water partition coefficient (Wildman–Crippen LogP) is 6.42. The van der Waals surface area contributed by atoms with E-state index in [2.05, 4.69) is 32.2 Å². The van der Waals surface area contributed by atoms with Gasteiger partial charge in [-0.15, -0.1) is 0 Å². The summed E-state index contributed by atoms with van der Waals surface area (Å²) >= 11 is 6.21. The highest BCUT2D eigenvalue weighted by molar-refractivity contribution is 6.30. The Morgan fingerprint density at radius 2 is 2.00 bits per heavy atom. The minimum atomic E-state index is -0.0566. The molecule has 0 aliphatic heterocycles. The van der Waals surface area contributed by atoms with Crippen LogP contribution in [0, 0.1) is 6.92 Å².